The molecule has 1 aliphatic heterocycles. The van der Waals surface area contributed by atoms with Crippen LogP contribution < -0.4 is 5.32 Å². The Morgan fingerprint density at radius 1 is 1.30 bits per heavy atom. The average Bonchev–Trinajstić information content (AvgIpc) is 2.48. The number of nitrogens with one attached hydrogen (secondary N) is 1. The highest BCUT2D eigenvalue weighted by Gasteiger charge is 2.34. The highest BCUT2D eigenvalue weighted by atomic mass is 16.5. The number of aliphatic hydroxyl groups excluding tert-OH is 1. The van der Waals surface area contributed by atoms with Gasteiger partial charge >= 0.3 is 0 Å². The lowest BCUT2D eigenvalue weighted by Gasteiger charge is -2.43. The molecule has 0 bridgehead atoms. The standard InChI is InChI=1S/C16H32N2O2/c1-2-8-17-13-16(6-4-3-5-7-16)14-18-9-10-20-15(11-18)12-19/h15,17,19H,2-14H2,1H3. The van der Waals surface area contributed by atoms with Crippen molar-refractivity contribution in [3.8, 4) is 0 Å². The van der Waals surface area contributed by atoms with Crippen LogP contribution in [0, 0.1) is 5.41 Å². The molecule has 0 aromatic carbocycles. The fraction of sp³-hybridized carbons (Fsp3) is 1.00. The summed E-state index contributed by atoms with van der Waals surface area (Å²) in [6.45, 7) is 8.52. The Bertz CT molecular complexity index is 267. The van der Waals surface area contributed by atoms with Gasteiger partial charge in [-0.3, -0.25) is 4.90 Å². The van der Waals surface area contributed by atoms with Gasteiger partial charge in [-0.1, -0.05) is 26.2 Å². The first-order valence-corrected chi connectivity index (χ1v) is 8.43. The van der Waals surface area contributed by atoms with Crippen LogP contribution >= 0.6 is 0 Å². The molecule has 2 N–H and O–H groups in total. The van der Waals surface area contributed by atoms with E-state index in [0.29, 0.717) is 5.41 Å². The van der Waals surface area contributed by atoms with E-state index in [-0.39, 0.29) is 12.7 Å². The van der Waals surface area contributed by atoms with Crippen LogP contribution in [0.1, 0.15) is 45.4 Å². The van der Waals surface area contributed by atoms with E-state index in [4.69, 9.17) is 4.74 Å². The highest BCUT2D eigenvalue weighted by molar-refractivity contribution is 4.89. The molecule has 0 amide bonds. The minimum Gasteiger partial charge on any atom is -0.394 e. The summed E-state index contributed by atoms with van der Waals surface area (Å²) in [6.07, 6.45) is 8.09. The summed E-state index contributed by atoms with van der Waals surface area (Å²) < 4.78 is 5.57. The zero-order chi connectivity index (χ0) is 14.3. The molecule has 2 aliphatic rings. The van der Waals surface area contributed by atoms with Gasteiger partial charge in [0.1, 0.15) is 0 Å². The maximum atomic E-state index is 9.29. The number of rotatable bonds is 7. The van der Waals surface area contributed by atoms with Crippen molar-refractivity contribution in [2.45, 2.75) is 51.6 Å². The van der Waals surface area contributed by atoms with Crippen molar-refractivity contribution in [1.29, 1.82) is 0 Å². The predicted octanol–water partition coefficient (Wildman–Crippen LogP) is 1.63. The topological polar surface area (TPSA) is 44.7 Å². The molecule has 4 heteroatoms. The first-order valence-electron chi connectivity index (χ1n) is 8.43. The van der Waals surface area contributed by atoms with Gasteiger partial charge < -0.3 is 15.2 Å². The van der Waals surface area contributed by atoms with Crippen molar-refractivity contribution in [2.24, 2.45) is 5.41 Å². The molecule has 1 atom stereocenters. The molecule has 20 heavy (non-hydrogen) atoms. The average molecular weight is 284 g/mol. The third-order valence-electron chi connectivity index (χ3n) is 4.83. The SMILES string of the molecule is CCCNCC1(CN2CCOC(CO)C2)CCCCC1. The van der Waals surface area contributed by atoms with Gasteiger partial charge in [0.2, 0.25) is 0 Å². The van der Waals surface area contributed by atoms with Crippen LogP contribution in [0.15, 0.2) is 0 Å². The second-order valence-electron chi connectivity index (χ2n) is 6.65. The summed E-state index contributed by atoms with van der Waals surface area (Å²) in [5.74, 6) is 0. The van der Waals surface area contributed by atoms with Crippen molar-refractivity contribution in [3.05, 3.63) is 0 Å². The molecule has 118 valence electrons. The van der Waals surface area contributed by atoms with Gasteiger partial charge in [-0.15, -0.1) is 0 Å². The second-order valence-corrected chi connectivity index (χ2v) is 6.65. The van der Waals surface area contributed by atoms with Gasteiger partial charge in [0.15, 0.2) is 0 Å². The quantitative estimate of drug-likeness (QED) is 0.698. The molecule has 1 heterocycles. The Hall–Kier alpha value is -0.160. The van der Waals surface area contributed by atoms with Gasteiger partial charge in [0.05, 0.1) is 19.3 Å². The molecule has 0 spiro atoms. The molecule has 4 nitrogen and oxygen atoms in total. The Morgan fingerprint density at radius 3 is 2.80 bits per heavy atom. The lowest BCUT2D eigenvalue weighted by molar-refractivity contribution is -0.0654. The number of ether oxygens (including phenoxy) is 1. The zero-order valence-corrected chi connectivity index (χ0v) is 13.1. The van der Waals surface area contributed by atoms with Crippen LogP contribution in [-0.2, 0) is 4.74 Å². The summed E-state index contributed by atoms with van der Waals surface area (Å²) in [5.41, 5.74) is 0.449. The molecule has 0 aromatic rings. The monoisotopic (exact) mass is 284 g/mol. The van der Waals surface area contributed by atoms with Crippen molar-refractivity contribution < 1.29 is 9.84 Å². The zero-order valence-electron chi connectivity index (χ0n) is 13.1. The van der Waals surface area contributed by atoms with Crippen LogP contribution in [0.4, 0.5) is 0 Å². The molecule has 0 aromatic heterocycles. The van der Waals surface area contributed by atoms with E-state index in [2.05, 4.69) is 17.1 Å². The number of aliphatic hydroxyl groups is 1. The summed E-state index contributed by atoms with van der Waals surface area (Å²) in [6, 6.07) is 0. The molecule has 1 unspecified atom stereocenters. The van der Waals surface area contributed by atoms with E-state index in [1.54, 1.807) is 0 Å². The minimum atomic E-state index is 0.0213. The fourth-order valence-electron chi connectivity index (χ4n) is 3.73. The number of hydrogen-bond donors (Lipinski definition) is 2. The molecular weight excluding hydrogens is 252 g/mol. The predicted molar refractivity (Wildman–Crippen MR) is 81.9 cm³/mol. The smallest absolute Gasteiger partial charge is 0.0932 e. The van der Waals surface area contributed by atoms with E-state index >= 15 is 0 Å². The van der Waals surface area contributed by atoms with Crippen LogP contribution in [0.2, 0.25) is 0 Å². The highest BCUT2D eigenvalue weighted by Crippen LogP contribution is 2.37. The minimum absolute atomic E-state index is 0.0213. The van der Waals surface area contributed by atoms with E-state index in [9.17, 15) is 5.11 Å². The number of hydrogen-bond acceptors (Lipinski definition) is 4. The van der Waals surface area contributed by atoms with Gasteiger partial charge in [0.25, 0.3) is 0 Å². The van der Waals surface area contributed by atoms with Crippen molar-refractivity contribution in [3.63, 3.8) is 0 Å². The number of morpholine rings is 1. The van der Waals surface area contributed by atoms with Crippen molar-refractivity contribution in [2.75, 3.05) is 45.9 Å². The molecule has 2 rings (SSSR count). The van der Waals surface area contributed by atoms with E-state index < -0.39 is 0 Å². The van der Waals surface area contributed by atoms with Crippen LogP contribution in [-0.4, -0.2) is 62.0 Å². The molecular formula is C16H32N2O2. The maximum Gasteiger partial charge on any atom is 0.0932 e. The largest absolute Gasteiger partial charge is 0.394 e. The van der Waals surface area contributed by atoms with Gasteiger partial charge in [0, 0.05) is 26.2 Å². The molecule has 1 aliphatic carbocycles. The molecule has 0 radical (unpaired) electrons. The van der Waals surface area contributed by atoms with Crippen molar-refractivity contribution >= 4 is 0 Å². The Balaban J connectivity index is 1.88. The van der Waals surface area contributed by atoms with E-state index in [1.165, 1.54) is 45.1 Å². The number of nitrogens with zero attached hydrogens (tertiary/aromatic N) is 1. The third kappa shape index (κ3) is 4.69. The molecule has 2 fully saturated rings. The summed E-state index contributed by atoms with van der Waals surface area (Å²) >= 11 is 0. The maximum absolute atomic E-state index is 9.29. The Kier molecular flexibility index (Phi) is 6.75. The van der Waals surface area contributed by atoms with Gasteiger partial charge in [-0.25, -0.2) is 0 Å². The van der Waals surface area contributed by atoms with E-state index in [1.807, 2.05) is 0 Å². The first-order chi connectivity index (χ1) is 9.78. The summed E-state index contributed by atoms with van der Waals surface area (Å²) in [5, 5.41) is 12.9. The Morgan fingerprint density at radius 2 is 2.10 bits per heavy atom. The fourth-order valence-corrected chi connectivity index (χ4v) is 3.73. The first kappa shape index (κ1) is 16.2. The van der Waals surface area contributed by atoms with Gasteiger partial charge in [-0.2, -0.15) is 0 Å². The normalized spacial score (nSPS) is 27.6. The third-order valence-corrected chi connectivity index (χ3v) is 4.83. The lowest BCUT2D eigenvalue weighted by Crippen LogP contribution is -2.51. The second kappa shape index (κ2) is 8.32. The molecule has 1 saturated carbocycles. The Labute approximate surface area is 123 Å². The summed E-state index contributed by atoms with van der Waals surface area (Å²) in [4.78, 5) is 2.52. The molecule has 1 saturated heterocycles. The van der Waals surface area contributed by atoms with Crippen LogP contribution in [0.3, 0.4) is 0 Å². The van der Waals surface area contributed by atoms with Crippen LogP contribution in [0.25, 0.3) is 0 Å². The van der Waals surface area contributed by atoms with E-state index in [0.717, 1.165) is 32.8 Å². The van der Waals surface area contributed by atoms with Gasteiger partial charge in [-0.05, 0) is 31.2 Å². The summed E-state index contributed by atoms with van der Waals surface area (Å²) in [7, 11) is 0. The lowest BCUT2D eigenvalue weighted by atomic mass is 9.73. The van der Waals surface area contributed by atoms with Crippen LogP contribution in [0.5, 0.6) is 0 Å². The van der Waals surface area contributed by atoms with Crippen molar-refractivity contribution in [1.82, 2.24) is 10.2 Å².